The molecule has 2 aromatic heterocycles. The maximum Gasteiger partial charge on any atom is 0.194 e. The van der Waals surface area contributed by atoms with Crippen LogP contribution in [0.5, 0.6) is 0 Å². The molecule has 0 unspecified atom stereocenters. The van der Waals surface area contributed by atoms with Crippen molar-refractivity contribution in [3.8, 4) is 34.0 Å². The van der Waals surface area contributed by atoms with E-state index in [1.165, 1.54) is 28.7 Å². The summed E-state index contributed by atoms with van der Waals surface area (Å²) in [4.78, 5) is 30.8. The fourth-order valence-corrected chi connectivity index (χ4v) is 10.8. The molecule has 4 aliphatic rings. The van der Waals surface area contributed by atoms with Gasteiger partial charge in [0.15, 0.2) is 23.2 Å². The molecular formula is C43H25F3N4O2S2. The number of fused-ring (bicyclic) bond motifs is 7. The smallest absolute Gasteiger partial charge is 0.194 e. The Hall–Kier alpha value is -6.11. The van der Waals surface area contributed by atoms with Crippen LogP contribution in [0, 0.1) is 75.1 Å². The summed E-state index contributed by atoms with van der Waals surface area (Å²) in [6.45, 7) is 6.02. The fourth-order valence-electron chi connectivity index (χ4n) is 8.25. The number of ketones is 2. The van der Waals surface area contributed by atoms with E-state index < -0.39 is 40.0 Å². The van der Waals surface area contributed by atoms with Crippen LogP contribution < -0.4 is 0 Å². The Balaban J connectivity index is 1.29. The van der Waals surface area contributed by atoms with E-state index in [-0.39, 0.29) is 55.5 Å². The van der Waals surface area contributed by atoms with Gasteiger partial charge < -0.3 is 0 Å². The summed E-state index contributed by atoms with van der Waals surface area (Å²) < 4.78 is 43.3. The number of carbonyl (C=O) groups is 2. The van der Waals surface area contributed by atoms with E-state index in [9.17, 15) is 43.8 Å². The third-order valence-corrected chi connectivity index (χ3v) is 13.5. The van der Waals surface area contributed by atoms with Crippen molar-refractivity contribution in [1.82, 2.24) is 0 Å². The average Bonchev–Trinajstić information content (AvgIpc) is 3.91. The number of thiophene rings is 2. The third kappa shape index (κ3) is 5.01. The van der Waals surface area contributed by atoms with Gasteiger partial charge in [0.1, 0.15) is 41.2 Å². The molecule has 0 saturated heterocycles. The van der Waals surface area contributed by atoms with E-state index in [1.54, 1.807) is 31.2 Å². The molecule has 4 aliphatic carbocycles. The SMILES string of the molecule is Cc1cc2c(cc1F)C(=O)/C(=C\c1cc3c(s1)-c1sc(/C=C4\C(=O)c5cc(F)c(F)cc5C4=C(C#N)C#N)cc1C31CCC(C)(C)CC1)C2=C(C#N)C#N. The highest BCUT2D eigenvalue weighted by Gasteiger charge is 2.49. The molecule has 0 aliphatic heterocycles. The van der Waals surface area contributed by atoms with E-state index in [0.29, 0.717) is 15.3 Å². The van der Waals surface area contributed by atoms with Crippen molar-refractivity contribution in [3.63, 3.8) is 0 Å². The molecule has 262 valence electrons. The number of hydrogen-bond donors (Lipinski definition) is 0. The maximum absolute atomic E-state index is 14.7. The molecule has 1 saturated carbocycles. The fraction of sp³-hybridized carbons (Fsp3) is 0.209. The minimum absolute atomic E-state index is 0.000215. The van der Waals surface area contributed by atoms with Crippen molar-refractivity contribution in [2.45, 2.75) is 51.9 Å². The van der Waals surface area contributed by atoms with E-state index in [4.69, 9.17) is 0 Å². The van der Waals surface area contributed by atoms with E-state index >= 15 is 0 Å². The van der Waals surface area contributed by atoms with Crippen LogP contribution in [0.3, 0.4) is 0 Å². The van der Waals surface area contributed by atoms with Crippen LogP contribution in [0.4, 0.5) is 13.2 Å². The minimum atomic E-state index is -1.21. The van der Waals surface area contributed by atoms with Crippen molar-refractivity contribution in [1.29, 1.82) is 21.0 Å². The lowest BCUT2D eigenvalue weighted by atomic mass is 9.62. The van der Waals surface area contributed by atoms with Gasteiger partial charge in [0.2, 0.25) is 0 Å². The van der Waals surface area contributed by atoms with E-state index in [1.807, 2.05) is 18.2 Å². The lowest BCUT2D eigenvalue weighted by molar-refractivity contribution is 0.103. The molecule has 4 aromatic rings. The molecule has 2 heterocycles. The van der Waals surface area contributed by atoms with Gasteiger partial charge in [-0.1, -0.05) is 13.8 Å². The topological polar surface area (TPSA) is 129 Å². The van der Waals surface area contributed by atoms with Crippen LogP contribution in [-0.2, 0) is 5.41 Å². The molecule has 0 atom stereocenters. The highest BCUT2D eigenvalue weighted by Crippen LogP contribution is 2.63. The van der Waals surface area contributed by atoms with Gasteiger partial charge in [0.25, 0.3) is 0 Å². The van der Waals surface area contributed by atoms with Crippen LogP contribution in [0.2, 0.25) is 0 Å². The summed E-state index contributed by atoms with van der Waals surface area (Å²) in [5, 5.41) is 39.3. The number of hydrogen-bond acceptors (Lipinski definition) is 8. The predicted octanol–water partition coefficient (Wildman–Crippen LogP) is 10.6. The zero-order valence-corrected chi connectivity index (χ0v) is 30.6. The summed E-state index contributed by atoms with van der Waals surface area (Å²) in [6.07, 6.45) is 6.75. The Morgan fingerprint density at radius 2 is 1.04 bits per heavy atom. The predicted molar refractivity (Wildman–Crippen MR) is 199 cm³/mol. The standard InChI is InChI=1S/C43H25F3N4O2S2/c1-20-8-25-27(14-33(20)44)38(51)29(36(25)21(16-47)17-48)9-23-11-31-40(53-23)41-32(43(31)6-4-42(2,3)5-7-43)12-24(54-41)10-30-37(22(18-49)19-50)26-13-34(45)35(46)15-28(26)39(30)52/h8-15H,4-7H2,1-3H3/b29-9-,30-10-. The second kappa shape index (κ2) is 12.2. The normalized spacial score (nSPS) is 18.6. The molecule has 0 bridgehead atoms. The molecule has 0 N–H and O–H groups in total. The Morgan fingerprint density at radius 3 is 1.48 bits per heavy atom. The van der Waals surface area contributed by atoms with Gasteiger partial charge in [0.05, 0.1) is 0 Å². The molecular weight excluding hydrogens is 726 g/mol. The van der Waals surface area contributed by atoms with Gasteiger partial charge in [-0.15, -0.1) is 22.7 Å². The second-order valence-electron chi connectivity index (χ2n) is 14.7. The number of allylic oxidation sites excluding steroid dienone is 6. The number of halogens is 3. The minimum Gasteiger partial charge on any atom is -0.289 e. The van der Waals surface area contributed by atoms with Gasteiger partial charge >= 0.3 is 0 Å². The van der Waals surface area contributed by atoms with Crippen LogP contribution in [0.15, 0.2) is 58.7 Å². The molecule has 1 spiro atoms. The molecule has 8 rings (SSSR count). The number of nitrogens with zero attached hydrogens (tertiary/aromatic N) is 4. The largest absolute Gasteiger partial charge is 0.289 e. The number of aryl methyl sites for hydroxylation is 1. The lowest BCUT2D eigenvalue weighted by Crippen LogP contribution is -2.33. The highest BCUT2D eigenvalue weighted by molar-refractivity contribution is 7.23. The molecule has 1 fully saturated rings. The summed E-state index contributed by atoms with van der Waals surface area (Å²) in [6, 6.07) is 15.8. The van der Waals surface area contributed by atoms with E-state index in [0.717, 1.165) is 64.8 Å². The lowest BCUT2D eigenvalue weighted by Gasteiger charge is -2.42. The average molecular weight is 751 g/mol. The maximum atomic E-state index is 14.7. The van der Waals surface area contributed by atoms with Gasteiger partial charge in [-0.3, -0.25) is 9.59 Å². The third-order valence-electron chi connectivity index (χ3n) is 11.1. The molecule has 0 amide bonds. The number of Topliss-reactive ketones (excluding diaryl/α,β-unsaturated/α-hetero) is 2. The summed E-state index contributed by atoms with van der Waals surface area (Å²) in [5.74, 6) is -4.07. The monoisotopic (exact) mass is 750 g/mol. The second-order valence-corrected chi connectivity index (χ2v) is 16.9. The van der Waals surface area contributed by atoms with Crippen molar-refractivity contribution in [3.05, 3.63) is 125 Å². The number of nitriles is 4. The van der Waals surface area contributed by atoms with Gasteiger partial charge in [-0.25, -0.2) is 13.2 Å². The van der Waals surface area contributed by atoms with Crippen molar-refractivity contribution in [2.24, 2.45) is 5.41 Å². The molecule has 2 aromatic carbocycles. The summed E-state index contributed by atoms with van der Waals surface area (Å²) in [7, 11) is 0. The molecule has 0 radical (unpaired) electrons. The zero-order chi connectivity index (χ0) is 38.4. The quantitative estimate of drug-likeness (QED) is 0.148. The molecule has 11 heteroatoms. The van der Waals surface area contributed by atoms with E-state index in [2.05, 4.69) is 19.9 Å². The van der Waals surface area contributed by atoms with Crippen LogP contribution in [0.25, 0.3) is 33.1 Å². The van der Waals surface area contributed by atoms with Gasteiger partial charge in [0, 0.05) is 58.3 Å². The summed E-state index contributed by atoms with van der Waals surface area (Å²) >= 11 is 2.87. The Morgan fingerprint density at radius 1 is 0.630 bits per heavy atom. The van der Waals surface area contributed by atoms with Crippen LogP contribution >= 0.6 is 22.7 Å². The van der Waals surface area contributed by atoms with Gasteiger partial charge in [-0.2, -0.15) is 21.0 Å². The first-order valence-electron chi connectivity index (χ1n) is 17.0. The Labute approximate surface area is 316 Å². The van der Waals surface area contributed by atoms with Gasteiger partial charge in [-0.05, 0) is 114 Å². The number of rotatable bonds is 2. The van der Waals surface area contributed by atoms with Crippen molar-refractivity contribution in [2.75, 3.05) is 0 Å². The van der Waals surface area contributed by atoms with Crippen LogP contribution in [-0.4, -0.2) is 11.6 Å². The first-order valence-corrected chi connectivity index (χ1v) is 18.6. The summed E-state index contributed by atoms with van der Waals surface area (Å²) in [5.41, 5.74) is 2.10. The molecule has 54 heavy (non-hydrogen) atoms. The highest BCUT2D eigenvalue weighted by atomic mass is 32.1. The first kappa shape index (κ1) is 34.9. The van der Waals surface area contributed by atoms with Crippen molar-refractivity contribution >= 4 is 57.5 Å². The van der Waals surface area contributed by atoms with Crippen molar-refractivity contribution < 1.29 is 22.8 Å². The molecule has 6 nitrogen and oxygen atoms in total. The number of benzene rings is 2. The Bertz CT molecular complexity index is 2560. The zero-order valence-electron chi connectivity index (χ0n) is 29.0. The van der Waals surface area contributed by atoms with Crippen LogP contribution in [0.1, 0.15) is 97.8 Å². The Kier molecular flexibility index (Phi) is 7.91. The first-order chi connectivity index (χ1) is 25.7. The number of carbonyl (C=O) groups excluding carboxylic acids is 2.